The standard InChI is InChI=1S/C21H21BrN4O3S/c1-12(18(27)17-19(23)25(2)21(29)26(3)20(17)28)24-14-6-10-16(11-7-14)30-15-8-4-13(22)5-9-15/h4-12,24H,23H2,1-3H3/t12-/m0/s1. The van der Waals surface area contributed by atoms with Crippen LogP contribution in [-0.2, 0) is 14.1 Å². The lowest BCUT2D eigenvalue weighted by molar-refractivity contribution is 0.0973. The molecule has 156 valence electrons. The SMILES string of the molecule is C[C@H](Nc1ccc(Sc2ccc(Br)cc2)cc1)C(=O)c1c(N)n(C)c(=O)n(C)c1=O. The number of nitrogen functional groups attached to an aromatic ring is 1. The molecule has 0 amide bonds. The average molecular weight is 489 g/mol. The van der Waals surface area contributed by atoms with Crippen LogP contribution in [0.3, 0.4) is 0 Å². The van der Waals surface area contributed by atoms with Gasteiger partial charge in [-0.05, 0) is 55.5 Å². The number of halogens is 1. The Morgan fingerprint density at radius 3 is 2.10 bits per heavy atom. The Balaban J connectivity index is 1.75. The third-order valence-electron chi connectivity index (χ3n) is 4.64. The van der Waals surface area contributed by atoms with Crippen molar-refractivity contribution in [1.82, 2.24) is 9.13 Å². The molecule has 0 aliphatic carbocycles. The molecule has 0 bridgehead atoms. The Morgan fingerprint density at radius 1 is 1.00 bits per heavy atom. The van der Waals surface area contributed by atoms with Crippen molar-refractivity contribution in [3.8, 4) is 0 Å². The summed E-state index contributed by atoms with van der Waals surface area (Å²) in [6.45, 7) is 1.65. The third kappa shape index (κ3) is 4.52. The van der Waals surface area contributed by atoms with E-state index in [-0.39, 0.29) is 11.4 Å². The molecule has 1 atom stereocenters. The second kappa shape index (κ2) is 8.93. The molecule has 1 aromatic heterocycles. The molecule has 30 heavy (non-hydrogen) atoms. The number of nitrogens with one attached hydrogen (secondary N) is 1. The number of aromatic nitrogens is 2. The van der Waals surface area contributed by atoms with E-state index in [9.17, 15) is 14.4 Å². The van der Waals surface area contributed by atoms with Crippen molar-refractivity contribution in [3.05, 3.63) is 79.4 Å². The molecule has 0 aliphatic rings. The van der Waals surface area contributed by atoms with E-state index in [0.717, 1.165) is 29.1 Å². The summed E-state index contributed by atoms with van der Waals surface area (Å²) in [5.41, 5.74) is 5.15. The molecule has 3 aromatic rings. The maximum atomic E-state index is 12.9. The summed E-state index contributed by atoms with van der Waals surface area (Å²) in [4.78, 5) is 39.4. The summed E-state index contributed by atoms with van der Waals surface area (Å²) in [6.07, 6.45) is 0. The van der Waals surface area contributed by atoms with Gasteiger partial charge >= 0.3 is 5.69 Å². The van der Waals surface area contributed by atoms with Gasteiger partial charge in [-0.25, -0.2) is 4.79 Å². The first-order valence-electron chi connectivity index (χ1n) is 9.08. The number of hydrogen-bond donors (Lipinski definition) is 2. The fraction of sp³-hybridized carbons (Fsp3) is 0.190. The van der Waals surface area contributed by atoms with E-state index < -0.39 is 23.1 Å². The second-order valence-corrected chi connectivity index (χ2v) is 8.84. The summed E-state index contributed by atoms with van der Waals surface area (Å²) in [7, 11) is 2.74. The Kier molecular flexibility index (Phi) is 6.52. The highest BCUT2D eigenvalue weighted by molar-refractivity contribution is 9.10. The van der Waals surface area contributed by atoms with Gasteiger partial charge in [-0.15, -0.1) is 0 Å². The van der Waals surface area contributed by atoms with Crippen molar-refractivity contribution in [2.24, 2.45) is 14.1 Å². The predicted octanol–water partition coefficient (Wildman–Crippen LogP) is 3.26. The fourth-order valence-electron chi connectivity index (χ4n) is 2.88. The molecule has 0 fully saturated rings. The van der Waals surface area contributed by atoms with Gasteiger partial charge in [-0.3, -0.25) is 18.7 Å². The van der Waals surface area contributed by atoms with Crippen molar-refractivity contribution in [3.63, 3.8) is 0 Å². The van der Waals surface area contributed by atoms with Gasteiger partial charge in [0.25, 0.3) is 5.56 Å². The molecule has 0 unspecified atom stereocenters. The van der Waals surface area contributed by atoms with Gasteiger partial charge in [0.15, 0.2) is 5.78 Å². The van der Waals surface area contributed by atoms with E-state index in [1.165, 1.54) is 14.1 Å². The zero-order valence-electron chi connectivity index (χ0n) is 16.7. The number of carbonyl (C=O) groups excluding carboxylic acids is 1. The summed E-state index contributed by atoms with van der Waals surface area (Å²) < 4.78 is 3.00. The maximum absolute atomic E-state index is 12.9. The number of nitrogens with two attached hydrogens (primary N) is 1. The zero-order chi connectivity index (χ0) is 22.0. The largest absolute Gasteiger partial charge is 0.384 e. The topological polar surface area (TPSA) is 99.1 Å². The number of anilines is 2. The predicted molar refractivity (Wildman–Crippen MR) is 123 cm³/mol. The van der Waals surface area contributed by atoms with Crippen LogP contribution in [0.5, 0.6) is 0 Å². The van der Waals surface area contributed by atoms with Crippen molar-refractivity contribution in [2.45, 2.75) is 22.8 Å². The second-order valence-electron chi connectivity index (χ2n) is 6.78. The van der Waals surface area contributed by atoms with Gasteiger partial charge < -0.3 is 11.1 Å². The Hall–Kier alpha value is -2.78. The molecule has 0 spiro atoms. The summed E-state index contributed by atoms with van der Waals surface area (Å²) in [5.74, 6) is -0.611. The zero-order valence-corrected chi connectivity index (χ0v) is 19.1. The molecule has 0 radical (unpaired) electrons. The monoisotopic (exact) mass is 488 g/mol. The van der Waals surface area contributed by atoms with Crippen LogP contribution in [0.1, 0.15) is 17.3 Å². The molecule has 3 N–H and O–H groups in total. The third-order valence-corrected chi connectivity index (χ3v) is 6.18. The minimum Gasteiger partial charge on any atom is -0.384 e. The molecule has 0 saturated carbocycles. The van der Waals surface area contributed by atoms with Gasteiger partial charge in [0.05, 0.1) is 6.04 Å². The van der Waals surface area contributed by atoms with Crippen LogP contribution in [0, 0.1) is 0 Å². The molecule has 0 aliphatic heterocycles. The van der Waals surface area contributed by atoms with Crippen LogP contribution in [0.4, 0.5) is 11.5 Å². The molecule has 0 saturated heterocycles. The first kappa shape index (κ1) is 21.9. The first-order chi connectivity index (χ1) is 14.2. The highest BCUT2D eigenvalue weighted by Crippen LogP contribution is 2.29. The number of carbonyl (C=O) groups is 1. The van der Waals surface area contributed by atoms with E-state index in [1.54, 1.807) is 18.7 Å². The van der Waals surface area contributed by atoms with Gasteiger partial charge in [0, 0.05) is 34.0 Å². The highest BCUT2D eigenvalue weighted by Gasteiger charge is 2.24. The molecular formula is C21H21BrN4O3S. The quantitative estimate of drug-likeness (QED) is 0.516. The highest BCUT2D eigenvalue weighted by atomic mass is 79.9. The Morgan fingerprint density at radius 2 is 1.53 bits per heavy atom. The number of ketones is 1. The normalized spacial score (nSPS) is 11.9. The maximum Gasteiger partial charge on any atom is 0.332 e. The lowest BCUT2D eigenvalue weighted by atomic mass is 10.1. The molecule has 1 heterocycles. The van der Waals surface area contributed by atoms with Crippen molar-refractivity contribution in [1.29, 1.82) is 0 Å². The summed E-state index contributed by atoms with van der Waals surface area (Å²) >= 11 is 5.05. The Labute approximate surface area is 186 Å². The molecule has 9 heteroatoms. The smallest absolute Gasteiger partial charge is 0.332 e. The minimum absolute atomic E-state index is 0.136. The first-order valence-corrected chi connectivity index (χ1v) is 10.7. The van der Waals surface area contributed by atoms with E-state index in [0.29, 0.717) is 0 Å². The lowest BCUT2D eigenvalue weighted by Crippen LogP contribution is -2.43. The molecular weight excluding hydrogens is 468 g/mol. The van der Waals surface area contributed by atoms with Crippen molar-refractivity contribution < 1.29 is 4.79 Å². The Bertz CT molecular complexity index is 1200. The molecule has 7 nitrogen and oxygen atoms in total. The van der Waals surface area contributed by atoms with E-state index >= 15 is 0 Å². The van der Waals surface area contributed by atoms with Gasteiger partial charge in [0.2, 0.25) is 0 Å². The van der Waals surface area contributed by atoms with Crippen LogP contribution < -0.4 is 22.3 Å². The van der Waals surface area contributed by atoms with Gasteiger partial charge in [-0.2, -0.15) is 0 Å². The lowest BCUT2D eigenvalue weighted by Gasteiger charge is -2.17. The molecule has 3 rings (SSSR count). The van der Waals surface area contributed by atoms with Crippen LogP contribution >= 0.6 is 27.7 Å². The van der Waals surface area contributed by atoms with Crippen LogP contribution in [0.15, 0.2) is 72.4 Å². The van der Waals surface area contributed by atoms with E-state index in [2.05, 4.69) is 21.2 Å². The van der Waals surface area contributed by atoms with E-state index in [1.807, 2.05) is 48.5 Å². The van der Waals surface area contributed by atoms with Crippen molar-refractivity contribution in [2.75, 3.05) is 11.1 Å². The van der Waals surface area contributed by atoms with Gasteiger partial charge in [0.1, 0.15) is 11.4 Å². The fourth-order valence-corrected chi connectivity index (χ4v) is 3.96. The van der Waals surface area contributed by atoms with Gasteiger partial charge in [-0.1, -0.05) is 27.7 Å². The number of hydrogen-bond acceptors (Lipinski definition) is 6. The molecule has 2 aromatic carbocycles. The van der Waals surface area contributed by atoms with E-state index in [4.69, 9.17) is 5.73 Å². The van der Waals surface area contributed by atoms with Crippen molar-refractivity contribution >= 4 is 45.0 Å². The minimum atomic E-state index is -0.706. The van der Waals surface area contributed by atoms with Crippen LogP contribution in [0.25, 0.3) is 0 Å². The summed E-state index contributed by atoms with van der Waals surface area (Å²) in [5, 5.41) is 3.09. The number of nitrogens with zero attached hydrogens (tertiary/aromatic N) is 2. The van der Waals surface area contributed by atoms with Crippen LogP contribution in [-0.4, -0.2) is 21.0 Å². The van der Waals surface area contributed by atoms with Crippen LogP contribution in [0.2, 0.25) is 0 Å². The average Bonchev–Trinajstić information content (AvgIpc) is 2.74. The number of Topliss-reactive ketones (excluding diaryl/α,β-unsaturated/α-hetero) is 1. The number of rotatable bonds is 6. The number of benzene rings is 2. The summed E-state index contributed by atoms with van der Waals surface area (Å²) in [6, 6.07) is 15.0.